The minimum absolute atomic E-state index is 0. The van der Waals surface area contributed by atoms with E-state index in [1.54, 1.807) is 0 Å². The average Bonchev–Trinajstić information content (AvgIpc) is 2.62. The Bertz CT molecular complexity index is 922. The van der Waals surface area contributed by atoms with Crippen LogP contribution in [0.5, 0.6) is 5.75 Å². The number of nitrogens with zero attached hydrogens (tertiary/aromatic N) is 1. The van der Waals surface area contributed by atoms with Crippen LogP contribution in [0.1, 0.15) is 18.0 Å². The van der Waals surface area contributed by atoms with Crippen molar-refractivity contribution in [2.75, 3.05) is 18.9 Å². The van der Waals surface area contributed by atoms with Crippen molar-refractivity contribution in [2.45, 2.75) is 17.4 Å². The summed E-state index contributed by atoms with van der Waals surface area (Å²) in [6.45, 7) is 0.504. The molecule has 2 aromatic rings. The zero-order valence-corrected chi connectivity index (χ0v) is 17.6. The fourth-order valence-corrected chi connectivity index (χ4v) is 4.01. The van der Waals surface area contributed by atoms with Crippen LogP contribution in [0.2, 0.25) is 0 Å². The molecule has 0 aliphatic carbocycles. The predicted molar refractivity (Wildman–Crippen MR) is 113 cm³/mol. The van der Waals surface area contributed by atoms with Gasteiger partial charge in [0.05, 0.1) is 24.9 Å². The van der Waals surface area contributed by atoms with Gasteiger partial charge in [0, 0.05) is 12.0 Å². The van der Waals surface area contributed by atoms with Crippen molar-refractivity contribution in [3.8, 4) is 5.75 Å². The van der Waals surface area contributed by atoms with Crippen molar-refractivity contribution in [1.29, 1.82) is 0 Å². The molecule has 1 aliphatic rings. The van der Waals surface area contributed by atoms with Gasteiger partial charge in [-0.15, -0.1) is 24.0 Å². The molecule has 3 N–H and O–H groups in total. The Morgan fingerprint density at radius 1 is 1.22 bits per heavy atom. The van der Waals surface area contributed by atoms with Gasteiger partial charge in [-0.3, -0.25) is 4.99 Å². The van der Waals surface area contributed by atoms with Gasteiger partial charge in [-0.05, 0) is 18.2 Å². The molecule has 1 atom stereocenters. The first-order valence-electron chi connectivity index (χ1n) is 8.23. The van der Waals surface area contributed by atoms with Crippen LogP contribution < -0.4 is 15.8 Å². The van der Waals surface area contributed by atoms with Crippen LogP contribution >= 0.6 is 24.0 Å². The molecule has 9 heteroatoms. The number of hydrogen-bond acceptors (Lipinski definition) is 4. The first kappa shape index (κ1) is 21.4. The first-order valence-corrected chi connectivity index (χ1v) is 9.88. The van der Waals surface area contributed by atoms with E-state index in [4.69, 9.17) is 10.5 Å². The van der Waals surface area contributed by atoms with Crippen LogP contribution in [0.3, 0.4) is 0 Å². The SMILES string of the molecule is I.NC(=NCCS(=O)(=O)c1ccccc1F)NC1CCOc2ccccc21. The molecule has 3 rings (SSSR count). The highest BCUT2D eigenvalue weighted by Crippen LogP contribution is 2.31. The highest BCUT2D eigenvalue weighted by atomic mass is 127. The summed E-state index contributed by atoms with van der Waals surface area (Å²) in [5.74, 6) is -0.135. The van der Waals surface area contributed by atoms with Gasteiger partial charge in [-0.25, -0.2) is 12.8 Å². The zero-order valence-electron chi connectivity index (χ0n) is 14.5. The normalized spacial score (nSPS) is 16.6. The molecule has 1 aliphatic heterocycles. The topological polar surface area (TPSA) is 93.8 Å². The van der Waals surface area contributed by atoms with Gasteiger partial charge < -0.3 is 15.8 Å². The number of fused-ring (bicyclic) bond motifs is 1. The molecule has 0 radical (unpaired) electrons. The van der Waals surface area contributed by atoms with Crippen molar-refractivity contribution >= 4 is 39.8 Å². The lowest BCUT2D eigenvalue weighted by Gasteiger charge is -2.26. The second-order valence-corrected chi connectivity index (χ2v) is 7.97. The number of nitrogens with one attached hydrogen (secondary N) is 1. The van der Waals surface area contributed by atoms with Crippen LogP contribution in [-0.2, 0) is 9.84 Å². The maximum absolute atomic E-state index is 13.7. The van der Waals surface area contributed by atoms with Crippen LogP contribution in [0.15, 0.2) is 58.4 Å². The first-order chi connectivity index (χ1) is 12.5. The molecule has 0 saturated carbocycles. The Labute approximate surface area is 175 Å². The summed E-state index contributed by atoms with van der Waals surface area (Å²) in [4.78, 5) is 3.75. The molecule has 6 nitrogen and oxygen atoms in total. The summed E-state index contributed by atoms with van der Waals surface area (Å²) in [5, 5.41) is 3.09. The third kappa shape index (κ3) is 5.32. The Morgan fingerprint density at radius 3 is 2.70 bits per heavy atom. The van der Waals surface area contributed by atoms with E-state index < -0.39 is 15.7 Å². The summed E-state index contributed by atoms with van der Waals surface area (Å²) < 4.78 is 43.6. The molecule has 1 heterocycles. The lowest BCUT2D eigenvalue weighted by atomic mass is 10.0. The molecule has 0 bridgehead atoms. The van der Waals surface area contributed by atoms with Gasteiger partial charge in [0.2, 0.25) is 0 Å². The van der Waals surface area contributed by atoms with Gasteiger partial charge >= 0.3 is 0 Å². The second-order valence-electron chi connectivity index (χ2n) is 5.89. The van der Waals surface area contributed by atoms with E-state index in [0.717, 1.165) is 23.8 Å². The fourth-order valence-electron chi connectivity index (χ4n) is 2.81. The maximum Gasteiger partial charge on any atom is 0.189 e. The monoisotopic (exact) mass is 505 g/mol. The van der Waals surface area contributed by atoms with Crippen LogP contribution in [0.4, 0.5) is 4.39 Å². The number of rotatable bonds is 5. The van der Waals surface area contributed by atoms with E-state index in [9.17, 15) is 12.8 Å². The number of para-hydroxylation sites is 1. The lowest BCUT2D eigenvalue weighted by molar-refractivity contribution is 0.262. The van der Waals surface area contributed by atoms with E-state index in [1.165, 1.54) is 18.2 Å². The number of benzene rings is 2. The van der Waals surface area contributed by atoms with E-state index >= 15 is 0 Å². The zero-order chi connectivity index (χ0) is 18.6. The molecule has 0 fully saturated rings. The Kier molecular flexibility index (Phi) is 7.42. The van der Waals surface area contributed by atoms with Gasteiger partial charge in [-0.2, -0.15) is 0 Å². The fraction of sp³-hybridized carbons (Fsp3) is 0.278. The van der Waals surface area contributed by atoms with Crippen LogP contribution in [0, 0.1) is 5.82 Å². The Hall–Kier alpha value is -1.88. The maximum atomic E-state index is 13.7. The summed E-state index contributed by atoms with van der Waals surface area (Å²) in [7, 11) is -3.75. The minimum Gasteiger partial charge on any atom is -0.493 e. The summed E-state index contributed by atoms with van der Waals surface area (Å²) in [5.41, 5.74) is 6.87. The molecule has 0 amide bonds. The van der Waals surface area contributed by atoms with E-state index in [-0.39, 0.29) is 53.2 Å². The standard InChI is InChI=1S/C18H20FN3O3S.HI/c19-14-6-2-4-8-17(14)26(23,24)12-10-21-18(20)22-15-9-11-25-16-7-3-1-5-13(15)16;/h1-8,15H,9-12H2,(H3,20,21,22);1H. The number of hydrogen-bond donors (Lipinski definition) is 2. The van der Waals surface area contributed by atoms with Gasteiger partial charge in [0.15, 0.2) is 15.8 Å². The van der Waals surface area contributed by atoms with Crippen molar-refractivity contribution in [2.24, 2.45) is 10.7 Å². The largest absolute Gasteiger partial charge is 0.493 e. The Balaban J connectivity index is 0.00000261. The molecule has 0 aromatic heterocycles. The molecule has 0 spiro atoms. The quantitative estimate of drug-likeness (QED) is 0.371. The number of halogens is 2. The van der Waals surface area contributed by atoms with Crippen molar-refractivity contribution in [3.05, 3.63) is 59.9 Å². The number of sulfone groups is 1. The highest BCUT2D eigenvalue weighted by molar-refractivity contribution is 14.0. The number of aliphatic imine (C=N–C) groups is 1. The van der Waals surface area contributed by atoms with Crippen molar-refractivity contribution in [1.82, 2.24) is 5.32 Å². The highest BCUT2D eigenvalue weighted by Gasteiger charge is 2.21. The van der Waals surface area contributed by atoms with Gasteiger partial charge in [0.1, 0.15) is 16.5 Å². The second kappa shape index (κ2) is 9.36. The summed E-state index contributed by atoms with van der Waals surface area (Å²) in [6.07, 6.45) is 0.723. The van der Waals surface area contributed by atoms with Crippen LogP contribution in [-0.4, -0.2) is 33.3 Å². The third-order valence-corrected chi connectivity index (χ3v) is 5.82. The molecule has 2 aromatic carbocycles. The van der Waals surface area contributed by atoms with E-state index in [0.29, 0.717) is 6.61 Å². The van der Waals surface area contributed by atoms with E-state index in [2.05, 4.69) is 10.3 Å². The smallest absolute Gasteiger partial charge is 0.189 e. The van der Waals surface area contributed by atoms with E-state index in [1.807, 2.05) is 24.3 Å². The Morgan fingerprint density at radius 2 is 1.93 bits per heavy atom. The van der Waals surface area contributed by atoms with Crippen LogP contribution in [0.25, 0.3) is 0 Å². The predicted octanol–water partition coefficient (Wildman–Crippen LogP) is 2.65. The molecule has 27 heavy (non-hydrogen) atoms. The molecule has 1 unspecified atom stereocenters. The lowest BCUT2D eigenvalue weighted by Crippen LogP contribution is -2.37. The van der Waals surface area contributed by atoms with Crippen molar-refractivity contribution in [3.63, 3.8) is 0 Å². The van der Waals surface area contributed by atoms with Crippen molar-refractivity contribution < 1.29 is 17.5 Å². The van der Waals surface area contributed by atoms with Gasteiger partial charge in [-0.1, -0.05) is 30.3 Å². The summed E-state index contributed by atoms with van der Waals surface area (Å²) in [6, 6.07) is 12.9. The number of nitrogens with two attached hydrogens (primary N) is 1. The summed E-state index contributed by atoms with van der Waals surface area (Å²) >= 11 is 0. The number of ether oxygens (including phenoxy) is 1. The third-order valence-electron chi connectivity index (χ3n) is 4.09. The molecular weight excluding hydrogens is 484 g/mol. The molecular formula is C18H21FIN3O3S. The minimum atomic E-state index is -3.75. The average molecular weight is 505 g/mol. The van der Waals surface area contributed by atoms with Gasteiger partial charge in [0.25, 0.3) is 0 Å². The number of guanidine groups is 1. The molecule has 0 saturated heterocycles. The molecule has 146 valence electrons.